The minimum atomic E-state index is -3.43. The molecular formula is C11H20N2O5S. The van der Waals surface area contributed by atoms with E-state index in [2.05, 4.69) is 10.1 Å². The Balaban J connectivity index is 2.76. The molecule has 1 rings (SSSR count). The number of sulfonamides is 1. The molecule has 110 valence electrons. The highest BCUT2D eigenvalue weighted by atomic mass is 32.2. The smallest absolute Gasteiger partial charge is 0.328 e. The fraction of sp³-hybridized carbons (Fsp3) is 0.818. The second-order valence-electron chi connectivity index (χ2n) is 4.64. The number of carbonyl (C=O) groups excluding carboxylic acids is 2. The van der Waals surface area contributed by atoms with Gasteiger partial charge in [-0.15, -0.1) is 0 Å². The van der Waals surface area contributed by atoms with Gasteiger partial charge in [0, 0.05) is 6.54 Å². The van der Waals surface area contributed by atoms with Crippen LogP contribution in [0.3, 0.4) is 0 Å². The van der Waals surface area contributed by atoms with Crippen LogP contribution in [0.25, 0.3) is 0 Å². The van der Waals surface area contributed by atoms with Crippen molar-refractivity contribution in [3.8, 4) is 0 Å². The molecule has 1 unspecified atom stereocenters. The quantitative estimate of drug-likeness (QED) is 0.704. The summed E-state index contributed by atoms with van der Waals surface area (Å²) in [5.41, 5.74) is 0. The second-order valence-corrected chi connectivity index (χ2v) is 6.57. The Kier molecular flexibility index (Phi) is 5.30. The Labute approximate surface area is 113 Å². The lowest BCUT2D eigenvalue weighted by atomic mass is 10.0. The van der Waals surface area contributed by atoms with Gasteiger partial charge in [-0.3, -0.25) is 4.79 Å². The van der Waals surface area contributed by atoms with Crippen molar-refractivity contribution in [2.24, 2.45) is 0 Å². The zero-order valence-electron chi connectivity index (χ0n) is 11.4. The average Bonchev–Trinajstić information content (AvgIpc) is 2.36. The van der Waals surface area contributed by atoms with E-state index in [4.69, 9.17) is 0 Å². The highest BCUT2D eigenvalue weighted by molar-refractivity contribution is 7.88. The van der Waals surface area contributed by atoms with Crippen molar-refractivity contribution in [3.05, 3.63) is 0 Å². The predicted molar refractivity (Wildman–Crippen MR) is 68.8 cm³/mol. The average molecular weight is 292 g/mol. The molecule has 1 N–H and O–H groups in total. The maximum atomic E-state index is 12.1. The van der Waals surface area contributed by atoms with E-state index < -0.39 is 34.0 Å². The Bertz CT molecular complexity index is 448. The first-order valence-corrected chi connectivity index (χ1v) is 7.97. The number of rotatable bonds is 4. The van der Waals surface area contributed by atoms with Gasteiger partial charge < -0.3 is 10.1 Å². The van der Waals surface area contributed by atoms with Gasteiger partial charge in [-0.25, -0.2) is 13.2 Å². The fourth-order valence-corrected chi connectivity index (χ4v) is 3.23. The molecule has 8 heteroatoms. The van der Waals surface area contributed by atoms with Gasteiger partial charge in [-0.05, 0) is 19.8 Å². The molecule has 0 saturated carbocycles. The summed E-state index contributed by atoms with van der Waals surface area (Å²) in [7, 11) is -2.19. The van der Waals surface area contributed by atoms with E-state index in [1.807, 2.05) is 0 Å². The molecule has 19 heavy (non-hydrogen) atoms. The van der Waals surface area contributed by atoms with Crippen LogP contribution >= 0.6 is 0 Å². The highest BCUT2D eigenvalue weighted by Crippen LogP contribution is 2.20. The SMILES string of the molecule is COC(=O)C(C)NC(=O)[C@@H]1CCCCN1S(C)(=O)=O. The summed E-state index contributed by atoms with van der Waals surface area (Å²) < 4.78 is 29.0. The number of nitrogens with zero attached hydrogens (tertiary/aromatic N) is 1. The van der Waals surface area contributed by atoms with Crippen LogP contribution < -0.4 is 5.32 Å². The lowest BCUT2D eigenvalue weighted by Gasteiger charge is -2.33. The van der Waals surface area contributed by atoms with E-state index in [9.17, 15) is 18.0 Å². The summed E-state index contributed by atoms with van der Waals surface area (Å²) in [6.07, 6.45) is 3.08. The standard InChI is InChI=1S/C11H20N2O5S/c1-8(11(15)18-2)12-10(14)9-6-4-5-7-13(9)19(3,16)17/h8-9H,4-7H2,1-3H3,(H,12,14)/t8?,9-/m0/s1. The monoisotopic (exact) mass is 292 g/mol. The van der Waals surface area contributed by atoms with Crippen LogP contribution in [0.4, 0.5) is 0 Å². The maximum absolute atomic E-state index is 12.1. The van der Waals surface area contributed by atoms with Crippen LogP contribution in [-0.4, -0.2) is 56.6 Å². The third kappa shape index (κ3) is 4.17. The number of piperidine rings is 1. The van der Waals surface area contributed by atoms with Crippen molar-refractivity contribution < 1.29 is 22.7 Å². The first kappa shape index (κ1) is 15.9. The Morgan fingerprint density at radius 1 is 1.37 bits per heavy atom. The molecule has 1 saturated heterocycles. The number of esters is 1. The van der Waals surface area contributed by atoms with Crippen molar-refractivity contribution in [2.75, 3.05) is 19.9 Å². The number of nitrogens with one attached hydrogen (secondary N) is 1. The number of carbonyl (C=O) groups is 2. The fourth-order valence-electron chi connectivity index (χ4n) is 2.11. The third-order valence-electron chi connectivity index (χ3n) is 3.10. The zero-order valence-corrected chi connectivity index (χ0v) is 12.2. The first-order chi connectivity index (χ1) is 8.77. The minimum Gasteiger partial charge on any atom is -0.467 e. The Morgan fingerprint density at radius 3 is 2.53 bits per heavy atom. The number of hydrogen-bond acceptors (Lipinski definition) is 5. The molecule has 0 aromatic heterocycles. The summed E-state index contributed by atoms with van der Waals surface area (Å²) in [6.45, 7) is 1.83. The van der Waals surface area contributed by atoms with Gasteiger partial charge in [0.15, 0.2) is 0 Å². The highest BCUT2D eigenvalue weighted by Gasteiger charge is 2.35. The van der Waals surface area contributed by atoms with Crippen molar-refractivity contribution in [1.29, 1.82) is 0 Å². The summed E-state index contributed by atoms with van der Waals surface area (Å²) >= 11 is 0. The lowest BCUT2D eigenvalue weighted by Crippen LogP contribution is -2.54. The first-order valence-electron chi connectivity index (χ1n) is 6.12. The van der Waals surface area contributed by atoms with Gasteiger partial charge in [-0.1, -0.05) is 6.42 Å². The van der Waals surface area contributed by atoms with Crippen LogP contribution in [0, 0.1) is 0 Å². The van der Waals surface area contributed by atoms with Crippen LogP contribution in [0.15, 0.2) is 0 Å². The molecular weight excluding hydrogens is 272 g/mol. The number of amides is 1. The van der Waals surface area contributed by atoms with E-state index in [-0.39, 0.29) is 0 Å². The summed E-state index contributed by atoms with van der Waals surface area (Å²) in [5.74, 6) is -1.02. The topological polar surface area (TPSA) is 92.8 Å². The van der Waals surface area contributed by atoms with Gasteiger partial charge >= 0.3 is 5.97 Å². The molecule has 0 aliphatic carbocycles. The molecule has 0 radical (unpaired) electrons. The normalized spacial score (nSPS) is 22.6. The van der Waals surface area contributed by atoms with Gasteiger partial charge in [-0.2, -0.15) is 4.31 Å². The summed E-state index contributed by atoms with van der Waals surface area (Å²) in [4.78, 5) is 23.3. The van der Waals surface area contributed by atoms with Crippen molar-refractivity contribution in [1.82, 2.24) is 9.62 Å². The molecule has 2 atom stereocenters. The number of ether oxygens (including phenoxy) is 1. The van der Waals surface area contributed by atoms with Crippen molar-refractivity contribution in [2.45, 2.75) is 38.3 Å². The van der Waals surface area contributed by atoms with E-state index in [0.717, 1.165) is 19.1 Å². The zero-order chi connectivity index (χ0) is 14.6. The molecule has 0 aromatic rings. The largest absolute Gasteiger partial charge is 0.467 e. The molecule has 0 spiro atoms. The van der Waals surface area contributed by atoms with Crippen LogP contribution in [0.1, 0.15) is 26.2 Å². The lowest BCUT2D eigenvalue weighted by molar-refractivity contribution is -0.145. The Hall–Kier alpha value is -1.15. The molecule has 0 bridgehead atoms. The van der Waals surface area contributed by atoms with E-state index in [1.54, 1.807) is 0 Å². The van der Waals surface area contributed by atoms with Gasteiger partial charge in [0.05, 0.1) is 13.4 Å². The van der Waals surface area contributed by atoms with E-state index in [0.29, 0.717) is 13.0 Å². The molecule has 7 nitrogen and oxygen atoms in total. The molecule has 1 amide bonds. The maximum Gasteiger partial charge on any atom is 0.328 e. The minimum absolute atomic E-state index is 0.337. The molecule has 1 aliphatic rings. The third-order valence-corrected chi connectivity index (χ3v) is 4.38. The second kappa shape index (κ2) is 6.33. The van der Waals surface area contributed by atoms with Crippen LogP contribution in [0.5, 0.6) is 0 Å². The Morgan fingerprint density at radius 2 is 2.00 bits per heavy atom. The van der Waals surface area contributed by atoms with E-state index >= 15 is 0 Å². The van der Waals surface area contributed by atoms with Crippen LogP contribution in [-0.2, 0) is 24.3 Å². The van der Waals surface area contributed by atoms with Crippen LogP contribution in [0.2, 0.25) is 0 Å². The van der Waals surface area contributed by atoms with Gasteiger partial charge in [0.1, 0.15) is 12.1 Å². The molecule has 1 fully saturated rings. The van der Waals surface area contributed by atoms with E-state index in [1.165, 1.54) is 18.3 Å². The van der Waals surface area contributed by atoms with Gasteiger partial charge in [0.2, 0.25) is 15.9 Å². The molecule has 0 aromatic carbocycles. The van der Waals surface area contributed by atoms with Crippen molar-refractivity contribution in [3.63, 3.8) is 0 Å². The van der Waals surface area contributed by atoms with Crippen molar-refractivity contribution >= 4 is 21.9 Å². The number of methoxy groups -OCH3 is 1. The molecule has 1 heterocycles. The summed E-state index contributed by atoms with van der Waals surface area (Å²) in [5, 5.41) is 2.48. The molecule has 1 aliphatic heterocycles. The number of hydrogen-bond donors (Lipinski definition) is 1. The predicted octanol–water partition coefficient (Wildman–Crippen LogP) is -0.522. The van der Waals surface area contributed by atoms with Gasteiger partial charge in [0.25, 0.3) is 0 Å². The summed E-state index contributed by atoms with van der Waals surface area (Å²) in [6, 6.07) is -1.53.